The molecule has 0 bridgehead atoms. The van der Waals surface area contributed by atoms with Crippen molar-refractivity contribution in [2.24, 2.45) is 0 Å². The highest BCUT2D eigenvalue weighted by Gasteiger charge is 2.34. The second kappa shape index (κ2) is 8.81. The molecule has 0 aliphatic carbocycles. The van der Waals surface area contributed by atoms with Gasteiger partial charge in [-0.1, -0.05) is 83.0 Å². The summed E-state index contributed by atoms with van der Waals surface area (Å²) in [6, 6.07) is 17.6. The van der Waals surface area contributed by atoms with E-state index < -0.39 is 15.1 Å². The zero-order valence-corrected chi connectivity index (χ0v) is 22.0. The second-order valence-corrected chi connectivity index (χ2v) is 13.2. The average Bonchev–Trinajstić information content (AvgIpc) is 2.69. The van der Waals surface area contributed by atoms with Crippen LogP contribution in [0, 0.1) is 6.92 Å². The monoisotopic (exact) mass is 484 g/mol. The van der Waals surface area contributed by atoms with E-state index in [0.717, 1.165) is 16.7 Å². The highest BCUT2D eigenvalue weighted by atomic mass is 35.5. The molecule has 1 atom stereocenters. The fourth-order valence-electron chi connectivity index (χ4n) is 4.00. The van der Waals surface area contributed by atoms with Crippen LogP contribution in [0.4, 0.5) is 0 Å². The molecule has 0 radical (unpaired) electrons. The minimum atomic E-state index is -3.80. The molecule has 1 unspecified atom stereocenters. The summed E-state index contributed by atoms with van der Waals surface area (Å²) in [4.78, 5) is 0.260. The Labute approximate surface area is 203 Å². The van der Waals surface area contributed by atoms with Gasteiger partial charge in [0, 0.05) is 5.02 Å². The zero-order chi connectivity index (χ0) is 24.8. The van der Waals surface area contributed by atoms with Crippen molar-refractivity contribution in [2.75, 3.05) is 0 Å². The van der Waals surface area contributed by atoms with Gasteiger partial charge in [-0.2, -0.15) is 0 Å². The van der Waals surface area contributed by atoms with E-state index in [4.69, 9.17) is 11.6 Å². The van der Waals surface area contributed by atoms with Crippen LogP contribution in [0.3, 0.4) is 0 Å². The fourth-order valence-corrected chi connectivity index (χ4v) is 5.93. The van der Waals surface area contributed by atoms with Gasteiger partial charge in [-0.25, -0.2) is 8.42 Å². The first-order chi connectivity index (χ1) is 15.1. The summed E-state index contributed by atoms with van der Waals surface area (Å²) in [7, 11) is -3.80. The maximum atomic E-state index is 14.0. The molecule has 33 heavy (non-hydrogen) atoms. The Bertz CT molecular complexity index is 1210. The van der Waals surface area contributed by atoms with Gasteiger partial charge in [0.25, 0.3) is 0 Å². The van der Waals surface area contributed by atoms with E-state index in [1.165, 1.54) is 0 Å². The predicted octanol–water partition coefficient (Wildman–Crippen LogP) is 7.51. The van der Waals surface area contributed by atoms with Gasteiger partial charge in [0.15, 0.2) is 9.84 Å². The highest BCUT2D eigenvalue weighted by Crippen LogP contribution is 2.44. The predicted molar refractivity (Wildman–Crippen MR) is 137 cm³/mol. The van der Waals surface area contributed by atoms with E-state index in [0.29, 0.717) is 16.1 Å². The second-order valence-electron chi connectivity index (χ2n) is 10.8. The van der Waals surface area contributed by atoms with Gasteiger partial charge in [-0.3, -0.25) is 0 Å². The first kappa shape index (κ1) is 25.3. The molecule has 176 valence electrons. The van der Waals surface area contributed by atoms with Crippen LogP contribution in [-0.4, -0.2) is 13.5 Å². The third-order valence-corrected chi connectivity index (χ3v) is 8.23. The van der Waals surface area contributed by atoms with E-state index >= 15 is 0 Å². The lowest BCUT2D eigenvalue weighted by Gasteiger charge is -2.30. The van der Waals surface area contributed by atoms with Crippen LogP contribution in [0.2, 0.25) is 5.02 Å². The van der Waals surface area contributed by atoms with Crippen molar-refractivity contribution in [3.8, 4) is 5.75 Å². The Kier molecular flexibility index (Phi) is 6.76. The number of hydrogen-bond donors (Lipinski definition) is 1. The average molecular weight is 485 g/mol. The quantitative estimate of drug-likeness (QED) is 0.416. The molecule has 0 heterocycles. The summed E-state index contributed by atoms with van der Waals surface area (Å²) in [5.74, 6) is 0.223. The van der Waals surface area contributed by atoms with Crippen molar-refractivity contribution in [1.29, 1.82) is 0 Å². The van der Waals surface area contributed by atoms with Crippen LogP contribution in [0.15, 0.2) is 65.6 Å². The molecule has 0 fully saturated rings. The van der Waals surface area contributed by atoms with Crippen molar-refractivity contribution in [2.45, 2.75) is 69.4 Å². The van der Waals surface area contributed by atoms with Crippen molar-refractivity contribution < 1.29 is 13.5 Å². The third-order valence-electron chi connectivity index (χ3n) is 5.88. The lowest BCUT2D eigenvalue weighted by molar-refractivity contribution is 0.422. The summed E-state index contributed by atoms with van der Waals surface area (Å²) < 4.78 is 28.1. The van der Waals surface area contributed by atoms with E-state index in [1.807, 2.05) is 72.7 Å². The molecule has 0 aromatic heterocycles. The molecule has 0 saturated heterocycles. The number of halogens is 1. The topological polar surface area (TPSA) is 54.4 Å². The lowest BCUT2D eigenvalue weighted by Crippen LogP contribution is -2.21. The summed E-state index contributed by atoms with van der Waals surface area (Å²) >= 11 is 6.12. The molecular formula is C28H33ClO3S. The van der Waals surface area contributed by atoms with Crippen molar-refractivity contribution >= 4 is 21.4 Å². The van der Waals surface area contributed by atoms with E-state index in [9.17, 15) is 13.5 Å². The number of phenolic OH excluding ortho intramolecular Hbond substituents is 1. The third kappa shape index (κ3) is 5.28. The zero-order valence-electron chi connectivity index (χ0n) is 20.4. The molecule has 3 aromatic carbocycles. The molecule has 0 amide bonds. The SMILES string of the molecule is Cc1ccc(S(=O)(=O)C(c2ccc(Cl)cc2)c2cc(C(C)(C)C)c(O)c(C(C)(C)C)c2)cc1. The number of benzene rings is 3. The van der Waals surface area contributed by atoms with Crippen molar-refractivity contribution in [3.63, 3.8) is 0 Å². The number of aromatic hydroxyl groups is 1. The molecule has 0 spiro atoms. The highest BCUT2D eigenvalue weighted by molar-refractivity contribution is 7.91. The summed E-state index contributed by atoms with van der Waals surface area (Å²) in [6.45, 7) is 14.0. The molecule has 0 aliphatic heterocycles. The van der Waals surface area contributed by atoms with Crippen LogP contribution >= 0.6 is 11.6 Å². The molecule has 0 saturated carbocycles. The normalized spacial score (nSPS) is 13.7. The summed E-state index contributed by atoms with van der Waals surface area (Å²) in [5, 5.41) is 10.8. The minimum Gasteiger partial charge on any atom is -0.507 e. The van der Waals surface area contributed by atoms with E-state index in [-0.39, 0.29) is 21.5 Å². The van der Waals surface area contributed by atoms with Crippen LogP contribution in [0.5, 0.6) is 5.75 Å². The van der Waals surface area contributed by atoms with Gasteiger partial charge in [0.2, 0.25) is 0 Å². The number of sulfone groups is 1. The molecule has 1 N–H and O–H groups in total. The van der Waals surface area contributed by atoms with E-state index in [2.05, 4.69) is 0 Å². The number of aryl methyl sites for hydroxylation is 1. The van der Waals surface area contributed by atoms with Gasteiger partial charge >= 0.3 is 0 Å². The standard InChI is InChI=1S/C28H33ClO3S/c1-18-8-14-22(15-9-18)33(31,32)26(19-10-12-21(29)13-11-19)20-16-23(27(2,3)4)25(30)24(17-20)28(5,6)7/h8-17,26,30H,1-7H3. The Hall–Kier alpha value is -2.30. The Balaban J connectivity index is 2.38. The fraction of sp³-hybridized carbons (Fsp3) is 0.357. The summed E-state index contributed by atoms with van der Waals surface area (Å²) in [5.41, 5.74) is 2.95. The molecule has 0 aliphatic rings. The lowest BCUT2D eigenvalue weighted by atomic mass is 9.78. The Morgan fingerprint density at radius 1 is 0.758 bits per heavy atom. The van der Waals surface area contributed by atoms with Crippen molar-refractivity contribution in [3.05, 3.63) is 93.5 Å². The molecular weight excluding hydrogens is 452 g/mol. The number of hydrogen-bond acceptors (Lipinski definition) is 3. The molecule has 3 aromatic rings. The van der Waals surface area contributed by atoms with Crippen LogP contribution in [-0.2, 0) is 20.7 Å². The Morgan fingerprint density at radius 2 is 1.21 bits per heavy atom. The maximum absolute atomic E-state index is 14.0. The maximum Gasteiger partial charge on any atom is 0.189 e. The van der Waals surface area contributed by atoms with Crippen LogP contribution in [0.25, 0.3) is 0 Å². The van der Waals surface area contributed by atoms with Crippen LogP contribution in [0.1, 0.15) is 74.6 Å². The molecule has 5 heteroatoms. The number of rotatable bonds is 4. The van der Waals surface area contributed by atoms with Gasteiger partial charge in [0.05, 0.1) is 4.90 Å². The Morgan fingerprint density at radius 3 is 1.64 bits per heavy atom. The number of phenols is 1. The molecule has 3 nitrogen and oxygen atoms in total. The van der Waals surface area contributed by atoms with Gasteiger partial charge in [0.1, 0.15) is 11.0 Å². The van der Waals surface area contributed by atoms with Gasteiger partial charge < -0.3 is 5.11 Å². The largest absolute Gasteiger partial charge is 0.507 e. The first-order valence-corrected chi connectivity index (χ1v) is 13.0. The molecule has 3 rings (SSSR count). The smallest absolute Gasteiger partial charge is 0.189 e. The van der Waals surface area contributed by atoms with Gasteiger partial charge in [-0.15, -0.1) is 0 Å². The van der Waals surface area contributed by atoms with Gasteiger partial charge in [-0.05, 0) is 76.4 Å². The van der Waals surface area contributed by atoms with E-state index in [1.54, 1.807) is 36.4 Å². The minimum absolute atomic E-state index is 0.223. The van der Waals surface area contributed by atoms with Crippen LogP contribution < -0.4 is 0 Å². The first-order valence-electron chi connectivity index (χ1n) is 11.1. The van der Waals surface area contributed by atoms with Crippen molar-refractivity contribution in [1.82, 2.24) is 0 Å². The summed E-state index contributed by atoms with van der Waals surface area (Å²) in [6.07, 6.45) is 0.